The van der Waals surface area contributed by atoms with Crippen molar-refractivity contribution in [3.63, 3.8) is 0 Å². The monoisotopic (exact) mass is 920 g/mol. The lowest BCUT2D eigenvalue weighted by Crippen LogP contribution is -2.19. The quantitative estimate of drug-likeness (QED) is 0.128. The molecule has 0 aliphatic carbocycles. The molecule has 12 aromatic rings. The lowest BCUT2D eigenvalue weighted by Gasteiger charge is -2.20. The largest absolute Gasteiger partial charge is 0.172 e. The van der Waals surface area contributed by atoms with Crippen LogP contribution in [0.1, 0.15) is 0 Å². The molecule has 0 amide bonds. The zero-order valence-electron chi connectivity index (χ0n) is 35.0. The van der Waals surface area contributed by atoms with Crippen LogP contribution in [0.25, 0.3) is 75.7 Å². The van der Waals surface area contributed by atoms with Crippen LogP contribution in [-0.2, 0) is 0 Å². The second-order valence-corrected chi connectivity index (χ2v) is 23.4. The van der Waals surface area contributed by atoms with Crippen molar-refractivity contribution in [2.45, 2.75) is 0 Å². The summed E-state index contributed by atoms with van der Waals surface area (Å²) in [6.07, 6.45) is 0. The van der Waals surface area contributed by atoms with Gasteiger partial charge < -0.3 is 0 Å². The number of nitrogens with zero attached hydrogens (tertiary/aromatic N) is 2. The third-order valence-corrected chi connectivity index (χ3v) is 20.7. The molecule has 12 rings (SSSR count). The molecule has 65 heavy (non-hydrogen) atoms. The highest BCUT2D eigenvalue weighted by atomic mass is 32.1. The van der Waals surface area contributed by atoms with E-state index in [1.165, 1.54) is 95.7 Å². The molecule has 0 spiro atoms. The normalized spacial score (nSPS) is 11.7. The zero-order chi connectivity index (χ0) is 43.1. The topological polar surface area (TPSA) is 25.8 Å². The van der Waals surface area contributed by atoms with Gasteiger partial charge in [0, 0.05) is 41.2 Å². The lowest BCUT2D eigenvalue weighted by atomic mass is 9.98. The Morgan fingerprint density at radius 3 is 1.02 bits per heavy atom. The third-order valence-electron chi connectivity index (χ3n) is 12.0. The number of hydrogen-bond donors (Lipinski definition) is 0. The summed E-state index contributed by atoms with van der Waals surface area (Å²) >= 11 is 5.12. The van der Waals surface area contributed by atoms with Crippen LogP contribution in [0.5, 0.6) is 0 Å². The van der Waals surface area contributed by atoms with E-state index < -0.39 is 15.8 Å². The fourth-order valence-corrected chi connectivity index (χ4v) is 18.3. The molecule has 308 valence electrons. The van der Waals surface area contributed by atoms with Crippen molar-refractivity contribution in [3.05, 3.63) is 231 Å². The van der Waals surface area contributed by atoms with Crippen LogP contribution in [0.3, 0.4) is 0 Å². The van der Waals surface area contributed by atoms with Gasteiger partial charge in [-0.2, -0.15) is 8.75 Å². The van der Waals surface area contributed by atoms with E-state index in [0.29, 0.717) is 0 Å². The van der Waals surface area contributed by atoms with Crippen LogP contribution in [0.15, 0.2) is 231 Å². The maximum Gasteiger partial charge on any atom is 0.114 e. The first-order chi connectivity index (χ1) is 32.3. The highest BCUT2D eigenvalue weighted by Crippen LogP contribution is 2.49. The minimum Gasteiger partial charge on any atom is -0.172 e. The third kappa shape index (κ3) is 7.44. The summed E-state index contributed by atoms with van der Waals surface area (Å²) in [7, 11) is -1.76. The standard InChI is InChI=1S/C58H38N2P2S3/c1-5-23-41(24-6-1)61(42-25-7-2-8-26-42)57-51(47-33-17-21-39-19-13-15-31-45(39)47)37-53(63-57)49-35-36-50(56-55(49)59-65-60-56)54-38-52(48-34-18-22-40-20-14-16-32-46(40)48)58(64-54)62(43-27-9-3-10-28-43)44-29-11-4-12-30-44/h1-38H. The van der Waals surface area contributed by atoms with E-state index in [9.17, 15) is 0 Å². The highest BCUT2D eigenvalue weighted by Gasteiger charge is 2.28. The van der Waals surface area contributed by atoms with E-state index in [2.05, 4.69) is 231 Å². The number of aromatic nitrogens is 2. The van der Waals surface area contributed by atoms with Gasteiger partial charge in [0.25, 0.3) is 0 Å². The molecule has 0 unspecified atom stereocenters. The summed E-state index contributed by atoms with van der Waals surface area (Å²) in [5, 5.41) is 10.3. The first-order valence-electron chi connectivity index (χ1n) is 21.6. The first kappa shape index (κ1) is 40.1. The minimum absolute atomic E-state index is 0.882. The fourth-order valence-electron chi connectivity index (χ4n) is 9.01. The van der Waals surface area contributed by atoms with E-state index in [1.807, 2.05) is 22.7 Å². The summed E-state index contributed by atoms with van der Waals surface area (Å²) in [6.45, 7) is 0. The SMILES string of the molecule is c1ccc(P(c2ccccc2)c2sc(-c3ccc(-c4cc(-c5cccc6ccccc56)c(P(c5ccccc5)c5ccccc5)s4)c4nsnc34)cc2-c2cccc3ccccc23)cc1. The predicted molar refractivity (Wildman–Crippen MR) is 287 cm³/mol. The minimum atomic E-state index is -0.882. The van der Waals surface area contributed by atoms with Gasteiger partial charge in [-0.25, -0.2) is 0 Å². The second kappa shape index (κ2) is 17.5. The molecule has 0 atom stereocenters. The summed E-state index contributed by atoms with van der Waals surface area (Å²) in [5.74, 6) is 0. The molecular weight excluding hydrogens is 883 g/mol. The molecule has 0 saturated heterocycles. The van der Waals surface area contributed by atoms with Crippen molar-refractivity contribution < 1.29 is 0 Å². The zero-order valence-corrected chi connectivity index (χ0v) is 39.2. The number of thiophene rings is 2. The average molecular weight is 921 g/mol. The van der Waals surface area contributed by atoms with Gasteiger partial charge in [-0.05, 0) is 81.9 Å². The molecule has 0 N–H and O–H groups in total. The van der Waals surface area contributed by atoms with E-state index in [-0.39, 0.29) is 0 Å². The van der Waals surface area contributed by atoms with Crippen LogP contribution in [0.4, 0.5) is 0 Å². The van der Waals surface area contributed by atoms with Crippen molar-refractivity contribution >= 4 is 113 Å². The van der Waals surface area contributed by atoms with Crippen LogP contribution in [-0.4, -0.2) is 8.75 Å². The number of hydrogen-bond acceptors (Lipinski definition) is 5. The van der Waals surface area contributed by atoms with Crippen LogP contribution >= 0.6 is 50.2 Å². The van der Waals surface area contributed by atoms with E-state index in [0.717, 1.165) is 22.2 Å². The van der Waals surface area contributed by atoms with E-state index in [4.69, 9.17) is 8.75 Å². The molecule has 0 saturated carbocycles. The molecule has 0 bridgehead atoms. The maximum absolute atomic E-state index is 5.11. The van der Waals surface area contributed by atoms with Gasteiger partial charge in [0.05, 0.1) is 11.7 Å². The lowest BCUT2D eigenvalue weighted by molar-refractivity contribution is 1.63. The Bertz CT molecular complexity index is 3290. The van der Waals surface area contributed by atoms with Crippen molar-refractivity contribution in [2.75, 3.05) is 0 Å². The second-order valence-electron chi connectivity index (χ2n) is 15.8. The van der Waals surface area contributed by atoms with Crippen LogP contribution < -0.4 is 30.5 Å². The maximum atomic E-state index is 5.11. The van der Waals surface area contributed by atoms with Gasteiger partial charge >= 0.3 is 0 Å². The smallest absolute Gasteiger partial charge is 0.114 e. The summed E-state index contributed by atoms with van der Waals surface area (Å²) in [6, 6.07) is 84.7. The molecular formula is C58H38N2P2S3. The average Bonchev–Trinajstić information content (AvgIpc) is 4.15. The molecule has 2 nitrogen and oxygen atoms in total. The Balaban J connectivity index is 1.06. The van der Waals surface area contributed by atoms with Crippen LogP contribution in [0, 0.1) is 0 Å². The molecule has 9 aromatic carbocycles. The first-order valence-corrected chi connectivity index (χ1v) is 26.6. The Morgan fingerprint density at radius 2 is 0.631 bits per heavy atom. The van der Waals surface area contributed by atoms with E-state index in [1.54, 1.807) is 0 Å². The number of fused-ring (bicyclic) bond motifs is 3. The van der Waals surface area contributed by atoms with Crippen molar-refractivity contribution in [3.8, 4) is 43.1 Å². The Labute approximate surface area is 393 Å². The van der Waals surface area contributed by atoms with E-state index >= 15 is 0 Å². The Kier molecular flexibility index (Phi) is 10.8. The fraction of sp³-hybridized carbons (Fsp3) is 0. The molecule has 3 heterocycles. The Morgan fingerprint density at radius 1 is 0.292 bits per heavy atom. The summed E-state index contributed by atoms with van der Waals surface area (Å²) < 4.78 is 13.0. The Hall–Kier alpha value is -6.42. The van der Waals surface area contributed by atoms with Gasteiger partial charge in [0.2, 0.25) is 0 Å². The summed E-state index contributed by atoms with van der Waals surface area (Å²) in [4.78, 5) is 2.40. The van der Waals surface area contributed by atoms with Gasteiger partial charge in [0.15, 0.2) is 0 Å². The van der Waals surface area contributed by atoms with Crippen molar-refractivity contribution in [1.82, 2.24) is 8.75 Å². The molecule has 0 fully saturated rings. The predicted octanol–water partition coefficient (Wildman–Crippen LogP) is 14.3. The van der Waals surface area contributed by atoms with Crippen molar-refractivity contribution in [1.29, 1.82) is 0 Å². The summed E-state index contributed by atoms with van der Waals surface area (Å²) in [5.41, 5.74) is 9.19. The molecule has 7 heteroatoms. The highest BCUT2D eigenvalue weighted by molar-refractivity contribution is 7.85. The van der Waals surface area contributed by atoms with Gasteiger partial charge in [-0.3, -0.25) is 0 Å². The van der Waals surface area contributed by atoms with Gasteiger partial charge in [-0.15, -0.1) is 22.7 Å². The molecule has 0 aliphatic heterocycles. The van der Waals surface area contributed by atoms with Gasteiger partial charge in [-0.1, -0.05) is 218 Å². The van der Waals surface area contributed by atoms with Crippen LogP contribution in [0.2, 0.25) is 0 Å². The molecule has 0 aliphatic rings. The van der Waals surface area contributed by atoms with Crippen molar-refractivity contribution in [2.24, 2.45) is 0 Å². The molecule has 3 aromatic heterocycles. The number of rotatable bonds is 10. The molecule has 0 radical (unpaired) electrons. The number of benzene rings is 9. The van der Waals surface area contributed by atoms with Gasteiger partial charge in [0.1, 0.15) is 11.0 Å².